The minimum atomic E-state index is -3.72. The third-order valence-electron chi connectivity index (χ3n) is 2.95. The molecule has 1 unspecified atom stereocenters. The van der Waals surface area contributed by atoms with Crippen LogP contribution in [0.3, 0.4) is 0 Å². The van der Waals surface area contributed by atoms with Gasteiger partial charge in [-0.25, -0.2) is 18.1 Å². The molecule has 0 spiro atoms. The van der Waals surface area contributed by atoms with Crippen molar-refractivity contribution in [3.05, 3.63) is 39.7 Å². The highest BCUT2D eigenvalue weighted by Gasteiger charge is 2.25. The summed E-state index contributed by atoms with van der Waals surface area (Å²) in [5, 5.41) is 2.04. The second-order valence-corrected chi connectivity index (χ2v) is 8.00. The molecule has 2 rings (SSSR count). The number of nitrogens with zero attached hydrogens (tertiary/aromatic N) is 1. The number of rotatable bonds is 5. The fraction of sp³-hybridized carbons (Fsp3) is 0.308. The van der Waals surface area contributed by atoms with Crippen molar-refractivity contribution in [2.75, 3.05) is 5.73 Å². The van der Waals surface area contributed by atoms with Crippen molar-refractivity contribution in [2.24, 2.45) is 5.92 Å². The Bertz CT molecular complexity index is 715. The summed E-state index contributed by atoms with van der Waals surface area (Å²) in [6, 6.07) is 4.81. The minimum absolute atomic E-state index is 0.00362. The number of nitrogens with two attached hydrogens (primary N) is 1. The summed E-state index contributed by atoms with van der Waals surface area (Å²) in [5.74, 6) is 0.213. The van der Waals surface area contributed by atoms with Crippen molar-refractivity contribution in [2.45, 2.75) is 24.8 Å². The number of nitrogen functional groups attached to an aromatic ring is 1. The smallest absolute Gasteiger partial charge is 0.242 e. The Labute approximate surface area is 133 Å². The number of pyridine rings is 1. The van der Waals surface area contributed by atoms with Gasteiger partial charge in [-0.15, -0.1) is 11.3 Å². The summed E-state index contributed by atoms with van der Waals surface area (Å²) in [6.45, 7) is 3.92. The van der Waals surface area contributed by atoms with Gasteiger partial charge in [-0.3, -0.25) is 0 Å². The Hall–Kier alpha value is -1.15. The molecule has 5 nitrogen and oxygen atoms in total. The lowest BCUT2D eigenvalue weighted by Gasteiger charge is -2.21. The van der Waals surface area contributed by atoms with Crippen molar-refractivity contribution < 1.29 is 8.42 Å². The summed E-state index contributed by atoms with van der Waals surface area (Å²) in [4.78, 5) is 4.75. The molecule has 0 aliphatic rings. The molecule has 8 heteroatoms. The van der Waals surface area contributed by atoms with Crippen molar-refractivity contribution in [1.29, 1.82) is 0 Å². The maximum atomic E-state index is 12.5. The highest BCUT2D eigenvalue weighted by molar-refractivity contribution is 7.89. The van der Waals surface area contributed by atoms with Gasteiger partial charge >= 0.3 is 0 Å². The van der Waals surface area contributed by atoms with Gasteiger partial charge in [0.1, 0.15) is 10.7 Å². The largest absolute Gasteiger partial charge is 0.382 e. The number of aromatic nitrogens is 1. The number of sulfonamides is 1. The monoisotopic (exact) mass is 345 g/mol. The van der Waals surface area contributed by atoms with Crippen LogP contribution in [0.4, 0.5) is 5.82 Å². The van der Waals surface area contributed by atoms with Crippen LogP contribution in [0.15, 0.2) is 34.7 Å². The number of nitrogens with one attached hydrogen (secondary N) is 1. The molecule has 0 radical (unpaired) electrons. The quantitative estimate of drug-likeness (QED) is 0.872. The maximum absolute atomic E-state index is 12.5. The third kappa shape index (κ3) is 3.74. The molecule has 2 aromatic heterocycles. The van der Waals surface area contributed by atoms with E-state index in [1.165, 1.54) is 23.6 Å². The average molecular weight is 346 g/mol. The fourth-order valence-electron chi connectivity index (χ4n) is 1.80. The predicted molar refractivity (Wildman–Crippen MR) is 85.9 cm³/mol. The van der Waals surface area contributed by atoms with Gasteiger partial charge in [-0.2, -0.15) is 0 Å². The molecule has 0 amide bonds. The van der Waals surface area contributed by atoms with Crippen LogP contribution in [-0.4, -0.2) is 13.4 Å². The van der Waals surface area contributed by atoms with Crippen LogP contribution in [-0.2, 0) is 10.0 Å². The zero-order valence-corrected chi connectivity index (χ0v) is 14.0. The van der Waals surface area contributed by atoms with Gasteiger partial charge in [-0.05, 0) is 23.4 Å². The highest BCUT2D eigenvalue weighted by Crippen LogP contribution is 2.28. The molecule has 3 N–H and O–H groups in total. The molecule has 0 fully saturated rings. The van der Waals surface area contributed by atoms with E-state index in [4.69, 9.17) is 17.3 Å². The summed E-state index contributed by atoms with van der Waals surface area (Å²) in [7, 11) is -3.72. The van der Waals surface area contributed by atoms with Gasteiger partial charge in [0.2, 0.25) is 10.0 Å². The van der Waals surface area contributed by atoms with Crippen molar-refractivity contribution in [3.8, 4) is 0 Å². The lowest BCUT2D eigenvalue weighted by molar-refractivity contribution is 0.469. The molecular formula is C13H16ClN3O2S2. The fourth-order valence-corrected chi connectivity index (χ4v) is 4.39. The van der Waals surface area contributed by atoms with E-state index in [-0.39, 0.29) is 27.7 Å². The molecule has 0 saturated carbocycles. The van der Waals surface area contributed by atoms with Crippen LogP contribution in [0.5, 0.6) is 0 Å². The van der Waals surface area contributed by atoms with Gasteiger partial charge in [0.05, 0.1) is 11.1 Å². The molecule has 2 aromatic rings. The van der Waals surface area contributed by atoms with Crippen molar-refractivity contribution >= 4 is 38.8 Å². The molecule has 0 aliphatic carbocycles. The van der Waals surface area contributed by atoms with Gasteiger partial charge in [0.15, 0.2) is 0 Å². The van der Waals surface area contributed by atoms with E-state index in [2.05, 4.69) is 9.71 Å². The van der Waals surface area contributed by atoms with E-state index >= 15 is 0 Å². The van der Waals surface area contributed by atoms with Crippen LogP contribution < -0.4 is 10.5 Å². The van der Waals surface area contributed by atoms with E-state index in [1.54, 1.807) is 0 Å². The summed E-state index contributed by atoms with van der Waals surface area (Å²) < 4.78 is 27.6. The second kappa shape index (κ2) is 6.31. The van der Waals surface area contributed by atoms with Gasteiger partial charge in [0.25, 0.3) is 0 Å². The third-order valence-corrected chi connectivity index (χ3v) is 5.62. The first kappa shape index (κ1) is 16.2. The SMILES string of the molecule is CC(C)C(NS(=O)(=O)c1cnc(N)c(Cl)c1)c1cccs1. The van der Waals surface area contributed by atoms with E-state index in [0.29, 0.717) is 0 Å². The molecule has 0 aromatic carbocycles. The van der Waals surface area contributed by atoms with Gasteiger partial charge < -0.3 is 5.73 Å². The molecule has 2 heterocycles. The topological polar surface area (TPSA) is 85.1 Å². The zero-order chi connectivity index (χ0) is 15.6. The molecule has 114 valence electrons. The van der Waals surface area contributed by atoms with Gasteiger partial charge in [0, 0.05) is 11.1 Å². The zero-order valence-electron chi connectivity index (χ0n) is 11.6. The minimum Gasteiger partial charge on any atom is -0.382 e. The Morgan fingerprint density at radius 2 is 2.14 bits per heavy atom. The van der Waals surface area contributed by atoms with E-state index in [9.17, 15) is 8.42 Å². The molecular weight excluding hydrogens is 330 g/mol. The van der Waals surface area contributed by atoms with Crippen LogP contribution in [0, 0.1) is 5.92 Å². The van der Waals surface area contributed by atoms with E-state index in [1.807, 2.05) is 31.4 Å². The Balaban J connectivity index is 2.32. The summed E-state index contributed by atoms with van der Waals surface area (Å²) >= 11 is 7.35. The average Bonchev–Trinajstić information content (AvgIpc) is 2.92. The first-order valence-electron chi connectivity index (χ1n) is 6.28. The van der Waals surface area contributed by atoms with Crippen LogP contribution in [0.1, 0.15) is 24.8 Å². The molecule has 21 heavy (non-hydrogen) atoms. The van der Waals surface area contributed by atoms with E-state index in [0.717, 1.165) is 4.88 Å². The normalized spacial score (nSPS) is 13.5. The number of thiophene rings is 1. The first-order valence-corrected chi connectivity index (χ1v) is 9.02. The highest BCUT2D eigenvalue weighted by atomic mass is 35.5. The lowest BCUT2D eigenvalue weighted by Crippen LogP contribution is -2.31. The van der Waals surface area contributed by atoms with Crippen LogP contribution >= 0.6 is 22.9 Å². The van der Waals surface area contributed by atoms with Crippen LogP contribution in [0.25, 0.3) is 0 Å². The van der Waals surface area contributed by atoms with E-state index < -0.39 is 10.0 Å². The van der Waals surface area contributed by atoms with Crippen LogP contribution in [0.2, 0.25) is 5.02 Å². The molecule has 1 atom stereocenters. The predicted octanol–water partition coefficient (Wildman–Crippen LogP) is 3.05. The number of hydrogen-bond acceptors (Lipinski definition) is 5. The van der Waals surface area contributed by atoms with Crippen molar-refractivity contribution in [1.82, 2.24) is 9.71 Å². The molecule has 0 aliphatic heterocycles. The number of anilines is 1. The number of halogens is 1. The summed E-state index contributed by atoms with van der Waals surface area (Å²) in [5.41, 5.74) is 5.50. The standard InChI is InChI=1S/C13H16ClN3O2S2/c1-8(2)12(11-4-3-5-20-11)17-21(18,19)9-6-10(14)13(15)16-7-9/h3-8,12,17H,1-2H3,(H2,15,16). The van der Waals surface area contributed by atoms with Gasteiger partial charge in [-0.1, -0.05) is 31.5 Å². The van der Waals surface area contributed by atoms with Crippen molar-refractivity contribution in [3.63, 3.8) is 0 Å². The maximum Gasteiger partial charge on any atom is 0.242 e. The first-order chi connectivity index (χ1) is 9.81. The lowest BCUT2D eigenvalue weighted by atomic mass is 10.0. The number of hydrogen-bond donors (Lipinski definition) is 2. The molecule has 0 bridgehead atoms. The Morgan fingerprint density at radius 3 is 2.67 bits per heavy atom. The Morgan fingerprint density at radius 1 is 1.43 bits per heavy atom. The Kier molecular flexibility index (Phi) is 4.88. The summed E-state index contributed by atoms with van der Waals surface area (Å²) in [6.07, 6.45) is 1.20. The second-order valence-electron chi connectivity index (χ2n) is 4.90. The molecule has 0 saturated heterocycles.